The molecule has 0 aliphatic heterocycles. The molecule has 1 heterocycles. The third-order valence-electron chi connectivity index (χ3n) is 2.58. The molecule has 0 radical (unpaired) electrons. The first kappa shape index (κ1) is 13.1. The second kappa shape index (κ2) is 5.12. The minimum absolute atomic E-state index is 0.237. The highest BCUT2D eigenvalue weighted by molar-refractivity contribution is 7.99. The maximum Gasteiger partial charge on any atom is 0.260 e. The number of benzene rings is 1. The van der Waals surface area contributed by atoms with Gasteiger partial charge in [-0.05, 0) is 55.8 Å². The Labute approximate surface area is 110 Å². The number of rotatable bonds is 3. The fourth-order valence-electron chi connectivity index (χ4n) is 1.59. The summed E-state index contributed by atoms with van der Waals surface area (Å²) in [6.45, 7) is 5.41. The van der Waals surface area contributed by atoms with Gasteiger partial charge >= 0.3 is 0 Å². The Bertz CT molecular complexity index is 566. The van der Waals surface area contributed by atoms with Crippen LogP contribution in [-0.4, -0.2) is 4.98 Å². The predicted molar refractivity (Wildman–Crippen MR) is 69.1 cm³/mol. The molecule has 1 aromatic heterocycles. The lowest BCUT2D eigenvalue weighted by molar-refractivity contribution is 0.454. The molecule has 1 atom stereocenters. The van der Waals surface area contributed by atoms with Gasteiger partial charge in [-0.2, -0.15) is 0 Å². The number of hydrogen-bond donors (Lipinski definition) is 1. The van der Waals surface area contributed by atoms with Crippen molar-refractivity contribution in [1.29, 1.82) is 0 Å². The predicted octanol–water partition coefficient (Wildman–Crippen LogP) is 3.60. The van der Waals surface area contributed by atoms with Gasteiger partial charge in [0.2, 0.25) is 0 Å². The average Bonchev–Trinajstić information content (AvgIpc) is 2.68. The van der Waals surface area contributed by atoms with Crippen LogP contribution in [0.4, 0.5) is 4.39 Å². The van der Waals surface area contributed by atoms with E-state index in [0.29, 0.717) is 10.8 Å². The fraction of sp³-hybridized carbons (Fsp3) is 0.308. The van der Waals surface area contributed by atoms with Gasteiger partial charge in [-0.15, -0.1) is 0 Å². The van der Waals surface area contributed by atoms with Gasteiger partial charge in [0.1, 0.15) is 12.1 Å². The first-order valence-electron chi connectivity index (χ1n) is 5.63. The molecule has 18 heavy (non-hydrogen) atoms. The largest absolute Gasteiger partial charge is 0.439 e. The lowest BCUT2D eigenvalue weighted by Gasteiger charge is -2.12. The summed E-state index contributed by atoms with van der Waals surface area (Å²) in [4.78, 5) is 5.10. The van der Waals surface area contributed by atoms with Gasteiger partial charge < -0.3 is 10.2 Å². The molecular weight excluding hydrogens is 251 g/mol. The summed E-state index contributed by atoms with van der Waals surface area (Å²) in [6, 6.07) is 3.02. The van der Waals surface area contributed by atoms with E-state index in [2.05, 4.69) is 4.98 Å². The molecule has 0 aliphatic rings. The second-order valence-corrected chi connectivity index (χ2v) is 5.28. The maximum atomic E-state index is 13.6. The summed E-state index contributed by atoms with van der Waals surface area (Å²) < 4.78 is 18.8. The van der Waals surface area contributed by atoms with E-state index in [1.54, 1.807) is 19.3 Å². The van der Waals surface area contributed by atoms with Crippen molar-refractivity contribution in [1.82, 2.24) is 4.98 Å². The summed E-state index contributed by atoms with van der Waals surface area (Å²) in [5, 5.41) is 0.542. The van der Waals surface area contributed by atoms with Gasteiger partial charge in [0.05, 0.1) is 5.69 Å². The minimum atomic E-state index is -0.241. The molecule has 0 fully saturated rings. The van der Waals surface area contributed by atoms with E-state index in [-0.39, 0.29) is 11.9 Å². The van der Waals surface area contributed by atoms with Crippen LogP contribution in [0.2, 0.25) is 0 Å². The van der Waals surface area contributed by atoms with Crippen LogP contribution in [-0.2, 0) is 0 Å². The molecule has 2 N–H and O–H groups in total. The molecule has 96 valence electrons. The van der Waals surface area contributed by atoms with E-state index in [1.165, 1.54) is 17.8 Å². The van der Waals surface area contributed by atoms with Crippen molar-refractivity contribution < 1.29 is 8.81 Å². The van der Waals surface area contributed by atoms with Crippen molar-refractivity contribution in [3.63, 3.8) is 0 Å². The normalized spacial score (nSPS) is 12.7. The zero-order valence-corrected chi connectivity index (χ0v) is 11.3. The smallest absolute Gasteiger partial charge is 0.260 e. The van der Waals surface area contributed by atoms with Crippen LogP contribution < -0.4 is 5.73 Å². The summed E-state index contributed by atoms with van der Waals surface area (Å²) in [5.74, 6) is -0.241. The van der Waals surface area contributed by atoms with E-state index in [0.717, 1.165) is 16.2 Å². The molecule has 2 aromatic rings. The highest BCUT2D eigenvalue weighted by Crippen LogP contribution is 2.33. The van der Waals surface area contributed by atoms with Gasteiger partial charge in [-0.3, -0.25) is 0 Å². The highest BCUT2D eigenvalue weighted by atomic mass is 32.2. The molecule has 0 spiro atoms. The molecule has 0 aliphatic carbocycles. The first-order chi connectivity index (χ1) is 8.47. The van der Waals surface area contributed by atoms with Crippen LogP contribution in [0.1, 0.15) is 29.8 Å². The number of nitrogens with two attached hydrogens (primary N) is 1. The quantitative estimate of drug-likeness (QED) is 0.922. The van der Waals surface area contributed by atoms with Crippen molar-refractivity contribution in [2.75, 3.05) is 0 Å². The molecule has 0 saturated carbocycles. The number of aryl methyl sites for hydroxylation is 2. The van der Waals surface area contributed by atoms with E-state index in [1.807, 2.05) is 13.8 Å². The number of hydrogen-bond acceptors (Lipinski definition) is 4. The minimum Gasteiger partial charge on any atom is -0.439 e. The second-order valence-electron chi connectivity index (χ2n) is 4.28. The molecule has 0 bridgehead atoms. The zero-order chi connectivity index (χ0) is 13.3. The molecule has 2 rings (SSSR count). The SMILES string of the molecule is Cc1coc(Sc2cc(C)c(F)cc2C(C)N)n1. The topological polar surface area (TPSA) is 52.0 Å². The van der Waals surface area contributed by atoms with Crippen molar-refractivity contribution in [2.45, 2.75) is 36.9 Å². The van der Waals surface area contributed by atoms with Crippen LogP contribution in [0.15, 0.2) is 32.9 Å². The molecule has 1 aromatic carbocycles. The van der Waals surface area contributed by atoms with Gasteiger partial charge in [0.15, 0.2) is 0 Å². The standard InChI is InChI=1S/C13H15FN2OS/c1-7-4-12(10(9(3)15)5-11(7)14)18-13-16-8(2)6-17-13/h4-6,9H,15H2,1-3H3. The van der Waals surface area contributed by atoms with Crippen molar-refractivity contribution in [2.24, 2.45) is 5.73 Å². The van der Waals surface area contributed by atoms with E-state index in [4.69, 9.17) is 10.2 Å². The van der Waals surface area contributed by atoms with Crippen molar-refractivity contribution >= 4 is 11.8 Å². The highest BCUT2D eigenvalue weighted by Gasteiger charge is 2.14. The molecular formula is C13H15FN2OS. The van der Waals surface area contributed by atoms with Crippen LogP contribution in [0, 0.1) is 19.7 Å². The summed E-state index contributed by atoms with van der Waals surface area (Å²) in [7, 11) is 0. The summed E-state index contributed by atoms with van der Waals surface area (Å²) in [6.07, 6.45) is 1.59. The number of oxazole rings is 1. The summed E-state index contributed by atoms with van der Waals surface area (Å²) in [5.41, 5.74) is 8.03. The van der Waals surface area contributed by atoms with E-state index < -0.39 is 0 Å². The van der Waals surface area contributed by atoms with Crippen LogP contribution in [0.25, 0.3) is 0 Å². The van der Waals surface area contributed by atoms with E-state index in [9.17, 15) is 4.39 Å². The Balaban J connectivity index is 2.39. The maximum absolute atomic E-state index is 13.6. The lowest BCUT2D eigenvalue weighted by Crippen LogP contribution is -2.07. The number of aromatic nitrogens is 1. The Morgan fingerprint density at radius 1 is 1.39 bits per heavy atom. The Morgan fingerprint density at radius 2 is 2.11 bits per heavy atom. The van der Waals surface area contributed by atoms with Crippen molar-refractivity contribution in [3.05, 3.63) is 41.0 Å². The Hall–Kier alpha value is -1.33. The molecule has 1 unspecified atom stereocenters. The average molecular weight is 266 g/mol. The zero-order valence-electron chi connectivity index (χ0n) is 10.5. The van der Waals surface area contributed by atoms with Crippen LogP contribution in [0.5, 0.6) is 0 Å². The van der Waals surface area contributed by atoms with E-state index >= 15 is 0 Å². The van der Waals surface area contributed by atoms with Gasteiger partial charge in [0, 0.05) is 10.9 Å². The van der Waals surface area contributed by atoms with Gasteiger partial charge in [0.25, 0.3) is 5.22 Å². The van der Waals surface area contributed by atoms with Crippen LogP contribution in [0.3, 0.4) is 0 Å². The number of nitrogens with zero attached hydrogens (tertiary/aromatic N) is 1. The van der Waals surface area contributed by atoms with Gasteiger partial charge in [-0.25, -0.2) is 9.37 Å². The first-order valence-corrected chi connectivity index (χ1v) is 6.44. The molecule has 0 amide bonds. The Morgan fingerprint density at radius 3 is 2.67 bits per heavy atom. The lowest BCUT2D eigenvalue weighted by atomic mass is 10.1. The third kappa shape index (κ3) is 2.73. The van der Waals surface area contributed by atoms with Crippen molar-refractivity contribution in [3.8, 4) is 0 Å². The fourth-order valence-corrected chi connectivity index (χ4v) is 2.66. The molecule has 5 heteroatoms. The van der Waals surface area contributed by atoms with Gasteiger partial charge in [-0.1, -0.05) is 0 Å². The Kier molecular flexibility index (Phi) is 3.73. The summed E-state index contributed by atoms with van der Waals surface area (Å²) >= 11 is 1.36. The molecule has 3 nitrogen and oxygen atoms in total. The van der Waals surface area contributed by atoms with Crippen LogP contribution >= 0.6 is 11.8 Å². The molecule has 0 saturated heterocycles. The monoisotopic (exact) mass is 266 g/mol. The number of halogens is 1. The third-order valence-corrected chi connectivity index (χ3v) is 3.51.